The normalized spacial score (nSPS) is 5.00. The summed E-state index contributed by atoms with van der Waals surface area (Å²) >= 11 is 0. The second-order valence-electron chi connectivity index (χ2n) is 0.316. The van der Waals surface area contributed by atoms with Crippen LogP contribution < -0.4 is 0 Å². The molecule has 0 aliphatic carbocycles. The molecular formula is C2H3OP. The van der Waals surface area contributed by atoms with Crippen LogP contribution in [0.3, 0.4) is 0 Å². The van der Waals surface area contributed by atoms with Crippen LogP contribution >= 0.6 is 8.70 Å². The summed E-state index contributed by atoms with van der Waals surface area (Å²) in [5, 5.41) is 7.69. The number of hydrogen-bond acceptors (Lipinski definition) is 1. The van der Waals surface area contributed by atoms with Gasteiger partial charge in [0.05, 0.1) is 0 Å². The summed E-state index contributed by atoms with van der Waals surface area (Å²) in [6.07, 6.45) is 0. The maximum absolute atomic E-state index is 7.69. The summed E-state index contributed by atoms with van der Waals surface area (Å²) in [5.74, 6) is 0. The SMILES string of the molecule is OCC#P. The quantitative estimate of drug-likeness (QED) is 0.411. The van der Waals surface area contributed by atoms with Gasteiger partial charge in [-0.3, -0.25) is 0 Å². The van der Waals surface area contributed by atoms with Crippen LogP contribution in [0.1, 0.15) is 0 Å². The van der Waals surface area contributed by atoms with Crippen LogP contribution in [0.25, 0.3) is 0 Å². The van der Waals surface area contributed by atoms with Gasteiger partial charge in [-0.1, -0.05) is 0 Å². The second-order valence-corrected chi connectivity index (χ2v) is 0.632. The van der Waals surface area contributed by atoms with Gasteiger partial charge in [0.15, 0.2) is 0 Å². The zero-order chi connectivity index (χ0) is 3.41. The zero-order valence-electron chi connectivity index (χ0n) is 2.10. The Morgan fingerprint density at radius 3 is 2.25 bits per heavy atom. The molecule has 1 nitrogen and oxygen atoms in total. The van der Waals surface area contributed by atoms with E-state index in [2.05, 4.69) is 14.3 Å². The molecular weight excluding hydrogens is 71.0 g/mol. The summed E-state index contributed by atoms with van der Waals surface area (Å²) in [6, 6.07) is 0. The van der Waals surface area contributed by atoms with Crippen LogP contribution in [-0.2, 0) is 0 Å². The molecule has 0 atom stereocenters. The predicted octanol–water partition coefficient (Wildman–Crippen LogP) is 0.348. The van der Waals surface area contributed by atoms with E-state index in [0.717, 1.165) is 0 Å². The fraction of sp³-hybridized carbons (Fsp3) is 0.500. The van der Waals surface area contributed by atoms with Crippen molar-refractivity contribution in [3.8, 4) is 5.63 Å². The van der Waals surface area contributed by atoms with E-state index >= 15 is 0 Å². The van der Waals surface area contributed by atoms with Crippen LogP contribution in [0.4, 0.5) is 0 Å². The number of hydrogen-bond donors (Lipinski definition) is 1. The molecule has 0 saturated carbocycles. The van der Waals surface area contributed by atoms with Gasteiger partial charge in [-0.15, -0.1) is 0 Å². The molecule has 0 heterocycles. The van der Waals surface area contributed by atoms with Crippen molar-refractivity contribution in [2.45, 2.75) is 0 Å². The Kier molecular flexibility index (Phi) is 3.30. The molecule has 1 N–H and O–H groups in total. The van der Waals surface area contributed by atoms with Crippen molar-refractivity contribution in [2.24, 2.45) is 0 Å². The summed E-state index contributed by atoms with van der Waals surface area (Å²) in [6.45, 7) is -0.0664. The molecule has 2 heteroatoms. The van der Waals surface area contributed by atoms with Gasteiger partial charge in [0.1, 0.15) is 0 Å². The molecule has 0 radical (unpaired) electrons. The monoisotopic (exact) mass is 74.0 g/mol. The van der Waals surface area contributed by atoms with Crippen LogP contribution in [0.5, 0.6) is 0 Å². The Morgan fingerprint density at radius 1 is 2.00 bits per heavy atom. The third kappa shape index (κ3) is 2.17. The first-order valence-corrected chi connectivity index (χ1v) is 1.34. The molecule has 0 aliphatic heterocycles. The Balaban J connectivity index is 2.43. The molecule has 0 aromatic heterocycles. The summed E-state index contributed by atoms with van der Waals surface area (Å²) in [5.41, 5.74) is 2.18. The van der Waals surface area contributed by atoms with Crippen molar-refractivity contribution in [2.75, 3.05) is 6.61 Å². The number of rotatable bonds is 0. The molecule has 0 aromatic rings. The third-order valence-electron chi connectivity index (χ3n) is 0.0707. The van der Waals surface area contributed by atoms with E-state index in [1.165, 1.54) is 0 Å². The number of aliphatic hydroxyl groups excluding tert-OH is 1. The first-order valence-electron chi connectivity index (χ1n) is 0.893. The van der Waals surface area contributed by atoms with E-state index in [0.29, 0.717) is 0 Å². The van der Waals surface area contributed by atoms with Gasteiger partial charge in [0.25, 0.3) is 0 Å². The summed E-state index contributed by atoms with van der Waals surface area (Å²) in [4.78, 5) is 0. The Labute approximate surface area is 27.1 Å². The van der Waals surface area contributed by atoms with Gasteiger partial charge in [0.2, 0.25) is 0 Å². The van der Waals surface area contributed by atoms with Crippen LogP contribution in [0.15, 0.2) is 0 Å². The molecule has 0 unspecified atom stereocenters. The predicted molar refractivity (Wildman–Crippen MR) is 17.9 cm³/mol. The van der Waals surface area contributed by atoms with Gasteiger partial charge in [-0.05, 0) is 0 Å². The maximum atomic E-state index is 7.69. The molecule has 0 aromatic carbocycles. The average Bonchev–Trinajstić information content (AvgIpc) is 1.37. The van der Waals surface area contributed by atoms with Gasteiger partial charge >= 0.3 is 26.0 Å². The Hall–Kier alpha value is 0.170. The fourth-order valence-electron chi connectivity index (χ4n) is 0. The molecule has 0 saturated heterocycles. The summed E-state index contributed by atoms with van der Waals surface area (Å²) in [7, 11) is 3.42. The third-order valence-corrected chi connectivity index (χ3v) is 0.212. The van der Waals surface area contributed by atoms with Crippen LogP contribution in [0, 0.1) is 5.63 Å². The van der Waals surface area contributed by atoms with E-state index in [-0.39, 0.29) is 6.61 Å². The van der Waals surface area contributed by atoms with Gasteiger partial charge in [0, 0.05) is 0 Å². The van der Waals surface area contributed by atoms with Crippen LogP contribution in [0.2, 0.25) is 0 Å². The van der Waals surface area contributed by atoms with Gasteiger partial charge in [-0.2, -0.15) is 0 Å². The van der Waals surface area contributed by atoms with E-state index in [1.807, 2.05) is 0 Å². The Morgan fingerprint density at radius 2 is 2.25 bits per heavy atom. The molecule has 0 amide bonds. The van der Waals surface area contributed by atoms with Crippen LogP contribution in [-0.4, -0.2) is 11.7 Å². The van der Waals surface area contributed by atoms with E-state index < -0.39 is 0 Å². The molecule has 22 valence electrons. The van der Waals surface area contributed by atoms with Crippen molar-refractivity contribution >= 4 is 8.70 Å². The number of aliphatic hydroxyl groups is 1. The molecule has 0 spiro atoms. The Bertz CT molecular complexity index is 35.8. The van der Waals surface area contributed by atoms with Gasteiger partial charge in [-0.25, -0.2) is 0 Å². The van der Waals surface area contributed by atoms with E-state index in [1.54, 1.807) is 0 Å². The van der Waals surface area contributed by atoms with Crippen molar-refractivity contribution in [1.29, 1.82) is 0 Å². The molecule has 4 heavy (non-hydrogen) atoms. The summed E-state index contributed by atoms with van der Waals surface area (Å²) < 4.78 is 0. The molecule has 0 bridgehead atoms. The van der Waals surface area contributed by atoms with E-state index in [4.69, 9.17) is 5.11 Å². The average molecular weight is 74.0 g/mol. The van der Waals surface area contributed by atoms with Crippen molar-refractivity contribution < 1.29 is 5.11 Å². The topological polar surface area (TPSA) is 20.2 Å². The minimum atomic E-state index is -0.0664. The van der Waals surface area contributed by atoms with Crippen molar-refractivity contribution in [3.05, 3.63) is 0 Å². The first kappa shape index (κ1) is 4.17. The molecule has 0 fully saturated rings. The van der Waals surface area contributed by atoms with E-state index in [9.17, 15) is 0 Å². The standard InChI is InChI=1S/C2H3OP/c3-1-2-4/h3H,1H2. The molecule has 0 rings (SSSR count). The second kappa shape index (κ2) is 3.17. The van der Waals surface area contributed by atoms with Crippen molar-refractivity contribution in [3.63, 3.8) is 0 Å². The van der Waals surface area contributed by atoms with Crippen molar-refractivity contribution in [1.82, 2.24) is 0 Å². The zero-order valence-corrected chi connectivity index (χ0v) is 3.00. The fourth-order valence-corrected chi connectivity index (χ4v) is 0. The first-order chi connectivity index (χ1) is 1.91. The molecule has 0 aliphatic rings. The van der Waals surface area contributed by atoms with Gasteiger partial charge < -0.3 is 0 Å². The minimum absolute atomic E-state index is 0.0664.